The molecule has 2 aromatic carbocycles. The van der Waals surface area contributed by atoms with Gasteiger partial charge in [0.2, 0.25) is 5.91 Å². The molecule has 2 aromatic rings. The van der Waals surface area contributed by atoms with Crippen LogP contribution in [0.1, 0.15) is 40.5 Å². The number of nitrogens with zero attached hydrogens (tertiary/aromatic N) is 1. The van der Waals surface area contributed by atoms with Gasteiger partial charge in [0.05, 0.1) is 0 Å². The maximum atomic E-state index is 12.6. The summed E-state index contributed by atoms with van der Waals surface area (Å²) in [4.78, 5) is 38.8. The molecule has 7 heteroatoms. The molecule has 1 fully saturated rings. The maximum absolute atomic E-state index is 12.6. The number of piperidine rings is 1. The van der Waals surface area contributed by atoms with E-state index in [1.165, 1.54) is 0 Å². The summed E-state index contributed by atoms with van der Waals surface area (Å²) in [5, 5.41) is 5.65. The highest BCUT2D eigenvalue weighted by molar-refractivity contribution is 9.10. The number of likely N-dealkylation sites (tertiary alicyclic amines) is 1. The van der Waals surface area contributed by atoms with Gasteiger partial charge in [-0.15, -0.1) is 0 Å². The number of carbonyl (C=O) groups excluding carboxylic acids is 3. The van der Waals surface area contributed by atoms with Gasteiger partial charge >= 0.3 is 0 Å². The first-order valence-electron chi connectivity index (χ1n) is 9.72. The first-order valence-corrected chi connectivity index (χ1v) is 10.5. The number of hydrogen-bond donors (Lipinski definition) is 2. The van der Waals surface area contributed by atoms with Gasteiger partial charge in [-0.1, -0.05) is 15.9 Å². The van der Waals surface area contributed by atoms with Crippen LogP contribution in [0.4, 0.5) is 5.69 Å². The molecule has 3 rings (SSSR count). The van der Waals surface area contributed by atoms with Gasteiger partial charge in [-0.2, -0.15) is 0 Å². The molecule has 29 heavy (non-hydrogen) atoms. The fourth-order valence-electron chi connectivity index (χ4n) is 3.33. The molecule has 0 radical (unpaired) electrons. The van der Waals surface area contributed by atoms with Crippen LogP contribution in [-0.2, 0) is 4.79 Å². The minimum Gasteiger partial charge on any atom is -0.352 e. The number of halogens is 1. The number of rotatable bonds is 5. The van der Waals surface area contributed by atoms with Crippen LogP contribution in [0.3, 0.4) is 0 Å². The third-order valence-electron chi connectivity index (χ3n) is 5.00. The van der Waals surface area contributed by atoms with Crippen molar-refractivity contribution in [1.82, 2.24) is 10.2 Å². The molecule has 152 valence electrons. The first-order chi connectivity index (χ1) is 14.0. The predicted molar refractivity (Wildman–Crippen MR) is 116 cm³/mol. The average Bonchev–Trinajstić information content (AvgIpc) is 2.74. The van der Waals surface area contributed by atoms with E-state index in [0.717, 1.165) is 4.47 Å². The maximum Gasteiger partial charge on any atom is 0.253 e. The molecule has 0 spiro atoms. The Morgan fingerprint density at radius 3 is 2.14 bits per heavy atom. The second kappa shape index (κ2) is 9.69. The summed E-state index contributed by atoms with van der Waals surface area (Å²) < 4.78 is 0.934. The third kappa shape index (κ3) is 5.44. The highest BCUT2D eigenvalue weighted by Crippen LogP contribution is 2.22. The van der Waals surface area contributed by atoms with Crippen LogP contribution >= 0.6 is 15.9 Å². The predicted octanol–water partition coefficient (Wildman–Crippen LogP) is 3.69. The summed E-state index contributed by atoms with van der Waals surface area (Å²) in [5.41, 5.74) is 1.88. The van der Waals surface area contributed by atoms with E-state index in [9.17, 15) is 14.4 Å². The summed E-state index contributed by atoms with van der Waals surface area (Å²) >= 11 is 3.37. The molecule has 1 aliphatic heterocycles. The molecule has 1 aliphatic rings. The van der Waals surface area contributed by atoms with Gasteiger partial charge in [-0.05, 0) is 68.3 Å². The lowest BCUT2D eigenvalue weighted by atomic mass is 9.95. The fraction of sp³-hybridized carbons (Fsp3) is 0.318. The Morgan fingerprint density at radius 2 is 1.55 bits per heavy atom. The second-order valence-electron chi connectivity index (χ2n) is 7.00. The molecule has 0 saturated carbocycles. The fourth-order valence-corrected chi connectivity index (χ4v) is 3.60. The SMILES string of the molecule is CCNC(=O)c1ccc(NC(=O)C2CCN(C(=O)c3ccc(Br)cc3)CC2)cc1. The summed E-state index contributed by atoms with van der Waals surface area (Å²) in [5.74, 6) is -0.316. The molecule has 0 atom stereocenters. The first kappa shape index (κ1) is 21.0. The number of nitrogens with one attached hydrogen (secondary N) is 2. The smallest absolute Gasteiger partial charge is 0.253 e. The van der Waals surface area contributed by atoms with E-state index in [4.69, 9.17) is 0 Å². The third-order valence-corrected chi connectivity index (χ3v) is 5.52. The van der Waals surface area contributed by atoms with E-state index in [-0.39, 0.29) is 23.6 Å². The number of hydrogen-bond acceptors (Lipinski definition) is 3. The number of anilines is 1. The molecular weight excluding hydrogens is 434 g/mol. The van der Waals surface area contributed by atoms with Gasteiger partial charge < -0.3 is 15.5 Å². The van der Waals surface area contributed by atoms with Crippen molar-refractivity contribution in [2.75, 3.05) is 25.0 Å². The highest BCUT2D eigenvalue weighted by Gasteiger charge is 2.27. The van der Waals surface area contributed by atoms with E-state index in [0.29, 0.717) is 49.3 Å². The van der Waals surface area contributed by atoms with Gasteiger partial charge in [0, 0.05) is 46.8 Å². The van der Waals surface area contributed by atoms with Gasteiger partial charge in [0.1, 0.15) is 0 Å². The van der Waals surface area contributed by atoms with Crippen LogP contribution in [0.15, 0.2) is 53.0 Å². The summed E-state index contributed by atoms with van der Waals surface area (Å²) in [6.07, 6.45) is 1.26. The van der Waals surface area contributed by atoms with E-state index < -0.39 is 0 Å². The number of amides is 3. The Bertz CT molecular complexity index is 873. The topological polar surface area (TPSA) is 78.5 Å². The van der Waals surface area contributed by atoms with Crippen LogP contribution in [0, 0.1) is 5.92 Å². The molecular formula is C22H24BrN3O3. The zero-order valence-corrected chi connectivity index (χ0v) is 17.9. The van der Waals surface area contributed by atoms with Crippen molar-refractivity contribution in [3.63, 3.8) is 0 Å². The van der Waals surface area contributed by atoms with Crippen LogP contribution < -0.4 is 10.6 Å². The standard InChI is InChI=1S/C22H24BrN3O3/c1-2-24-20(27)15-5-9-19(10-6-15)25-21(28)16-11-13-26(14-12-16)22(29)17-3-7-18(23)8-4-17/h3-10,16H,2,11-14H2,1H3,(H,24,27)(H,25,28). The van der Waals surface area contributed by atoms with Crippen molar-refractivity contribution in [3.05, 3.63) is 64.1 Å². The summed E-state index contributed by atoms with van der Waals surface area (Å²) in [6.45, 7) is 3.55. The minimum absolute atomic E-state index is 0.00250. The van der Waals surface area contributed by atoms with Crippen LogP contribution in [0.2, 0.25) is 0 Å². The van der Waals surface area contributed by atoms with Crippen LogP contribution in [-0.4, -0.2) is 42.3 Å². The van der Waals surface area contributed by atoms with E-state index >= 15 is 0 Å². The Kier molecular flexibility index (Phi) is 7.04. The zero-order chi connectivity index (χ0) is 20.8. The Hall–Kier alpha value is -2.67. The monoisotopic (exact) mass is 457 g/mol. The van der Waals surface area contributed by atoms with Crippen molar-refractivity contribution in [1.29, 1.82) is 0 Å². The molecule has 6 nitrogen and oxygen atoms in total. The average molecular weight is 458 g/mol. The van der Waals surface area contributed by atoms with Crippen LogP contribution in [0.5, 0.6) is 0 Å². The zero-order valence-electron chi connectivity index (χ0n) is 16.3. The van der Waals surface area contributed by atoms with Gasteiger partial charge in [0.15, 0.2) is 0 Å². The van der Waals surface area contributed by atoms with Crippen LogP contribution in [0.25, 0.3) is 0 Å². The number of carbonyl (C=O) groups is 3. The molecule has 1 heterocycles. The molecule has 0 bridgehead atoms. The molecule has 1 saturated heterocycles. The second-order valence-corrected chi connectivity index (χ2v) is 7.92. The molecule has 3 amide bonds. The molecule has 0 unspecified atom stereocenters. The quantitative estimate of drug-likeness (QED) is 0.718. The highest BCUT2D eigenvalue weighted by atomic mass is 79.9. The van der Waals surface area contributed by atoms with E-state index in [1.807, 2.05) is 19.1 Å². The summed E-state index contributed by atoms with van der Waals surface area (Å²) in [6, 6.07) is 14.2. The van der Waals surface area contributed by atoms with Crippen molar-refractivity contribution in [2.45, 2.75) is 19.8 Å². The van der Waals surface area contributed by atoms with E-state index in [2.05, 4.69) is 26.6 Å². The largest absolute Gasteiger partial charge is 0.352 e. The van der Waals surface area contributed by atoms with Gasteiger partial charge in [0.25, 0.3) is 11.8 Å². The minimum atomic E-state index is -0.132. The lowest BCUT2D eigenvalue weighted by Gasteiger charge is -2.31. The Morgan fingerprint density at radius 1 is 0.966 bits per heavy atom. The van der Waals surface area contributed by atoms with Crippen molar-refractivity contribution < 1.29 is 14.4 Å². The normalized spacial score (nSPS) is 14.3. The van der Waals surface area contributed by atoms with Gasteiger partial charge in [-0.25, -0.2) is 0 Å². The van der Waals surface area contributed by atoms with E-state index in [1.54, 1.807) is 41.3 Å². The van der Waals surface area contributed by atoms with Gasteiger partial charge in [-0.3, -0.25) is 14.4 Å². The molecule has 0 aliphatic carbocycles. The van der Waals surface area contributed by atoms with Crippen molar-refractivity contribution in [3.8, 4) is 0 Å². The molecule has 0 aromatic heterocycles. The molecule has 2 N–H and O–H groups in total. The lowest BCUT2D eigenvalue weighted by molar-refractivity contribution is -0.121. The summed E-state index contributed by atoms with van der Waals surface area (Å²) in [7, 11) is 0. The lowest BCUT2D eigenvalue weighted by Crippen LogP contribution is -2.41. The number of benzene rings is 2. The Labute approximate surface area is 178 Å². The Balaban J connectivity index is 1.51. The van der Waals surface area contributed by atoms with Crippen molar-refractivity contribution >= 4 is 39.3 Å². The van der Waals surface area contributed by atoms with Crippen molar-refractivity contribution in [2.24, 2.45) is 5.92 Å².